The fourth-order valence-electron chi connectivity index (χ4n) is 5.13. The van der Waals surface area contributed by atoms with Crippen LogP contribution in [0, 0.1) is 3.57 Å². The Morgan fingerprint density at radius 3 is 2.44 bits per heavy atom. The summed E-state index contributed by atoms with van der Waals surface area (Å²) in [4.78, 5) is 28.8. The quantitative estimate of drug-likeness (QED) is 0.234. The summed E-state index contributed by atoms with van der Waals surface area (Å²) < 4.78 is 18.1. The van der Waals surface area contributed by atoms with Gasteiger partial charge in [0.15, 0.2) is 0 Å². The van der Waals surface area contributed by atoms with Crippen molar-refractivity contribution in [2.24, 2.45) is 0 Å². The molecule has 3 N–H and O–H groups in total. The number of methoxy groups -OCH3 is 2. The van der Waals surface area contributed by atoms with Crippen LogP contribution in [0.1, 0.15) is 17.5 Å². The van der Waals surface area contributed by atoms with E-state index in [0.717, 1.165) is 14.7 Å². The second-order valence-electron chi connectivity index (χ2n) is 10.1. The molecule has 0 aromatic heterocycles. The highest BCUT2D eigenvalue weighted by Gasteiger charge is 2.40. The largest absolute Gasteiger partial charge is 0.497 e. The van der Waals surface area contributed by atoms with Crippen molar-refractivity contribution in [2.75, 3.05) is 33.9 Å². The van der Waals surface area contributed by atoms with E-state index in [-0.39, 0.29) is 44.4 Å². The summed E-state index contributed by atoms with van der Waals surface area (Å²) in [7, 11) is 3.17. The number of nitrogens with one attached hydrogen (secondary N) is 1. The van der Waals surface area contributed by atoms with Gasteiger partial charge < -0.3 is 34.6 Å². The van der Waals surface area contributed by atoms with Crippen LogP contribution in [-0.4, -0.2) is 79.1 Å². The van der Waals surface area contributed by atoms with Crippen LogP contribution in [0.5, 0.6) is 17.2 Å². The Hall–Kier alpha value is -3.61. The number of amides is 2. The van der Waals surface area contributed by atoms with E-state index in [0.29, 0.717) is 29.2 Å². The Morgan fingerprint density at radius 1 is 1.00 bits per heavy atom. The van der Waals surface area contributed by atoms with Gasteiger partial charge >= 0.3 is 0 Å². The maximum atomic E-state index is 14.0. The number of para-hydroxylation sites is 1. The molecule has 228 valence electrons. The number of halogens is 1. The van der Waals surface area contributed by atoms with Gasteiger partial charge in [0.1, 0.15) is 29.5 Å². The van der Waals surface area contributed by atoms with E-state index in [9.17, 15) is 19.8 Å². The van der Waals surface area contributed by atoms with Gasteiger partial charge in [-0.2, -0.15) is 0 Å². The maximum absolute atomic E-state index is 14.0. The van der Waals surface area contributed by atoms with Crippen LogP contribution in [0.3, 0.4) is 0 Å². The fourth-order valence-corrected chi connectivity index (χ4v) is 5.65. The molecule has 0 radical (unpaired) electrons. The van der Waals surface area contributed by atoms with E-state index < -0.39 is 18.2 Å². The lowest BCUT2D eigenvalue weighted by Crippen LogP contribution is -2.56. The molecule has 4 rings (SSSR count). The lowest BCUT2D eigenvalue weighted by atomic mass is 9.87. The summed E-state index contributed by atoms with van der Waals surface area (Å²) in [5, 5.41) is 23.7. The number of hydrogen-bond donors (Lipinski definition) is 3. The number of benzene rings is 3. The summed E-state index contributed by atoms with van der Waals surface area (Å²) in [5.74, 6) is 1.30. The molecule has 0 saturated carbocycles. The zero-order chi connectivity index (χ0) is 30.8. The van der Waals surface area contributed by atoms with E-state index in [1.165, 1.54) is 0 Å². The number of carbonyl (C=O) groups is 2. The summed E-state index contributed by atoms with van der Waals surface area (Å²) in [6, 6.07) is 21.5. The van der Waals surface area contributed by atoms with Crippen molar-refractivity contribution in [3.8, 4) is 17.2 Å². The molecular weight excluding hydrogens is 663 g/mol. The molecule has 0 aliphatic heterocycles. The van der Waals surface area contributed by atoms with Crippen LogP contribution in [0.15, 0.2) is 84.4 Å². The molecule has 1 aliphatic rings. The van der Waals surface area contributed by atoms with Crippen molar-refractivity contribution in [3.63, 3.8) is 0 Å². The number of carbonyl (C=O) groups excluding carboxylic acids is 2. The minimum Gasteiger partial charge on any atom is -0.497 e. The summed E-state index contributed by atoms with van der Waals surface area (Å²) >= 11 is 2.15. The van der Waals surface area contributed by atoms with Crippen LogP contribution in [0.25, 0.3) is 0 Å². The van der Waals surface area contributed by atoms with E-state index in [1.807, 2.05) is 60.7 Å². The number of rotatable bonds is 13. The minimum atomic E-state index is -1.13. The molecule has 0 fully saturated rings. The van der Waals surface area contributed by atoms with Gasteiger partial charge in [-0.15, -0.1) is 0 Å². The Kier molecular flexibility index (Phi) is 11.8. The highest BCUT2D eigenvalue weighted by molar-refractivity contribution is 14.1. The van der Waals surface area contributed by atoms with Crippen LogP contribution < -0.4 is 19.5 Å². The second kappa shape index (κ2) is 15.7. The Morgan fingerprint density at radius 2 is 1.74 bits per heavy atom. The SMILES string of the molecule is COc1ccc(OC)c(CCN(C(=O)Cc2ccccc2)[C@@H]2CC(C(=O)NCCO)=C[C@H](Oc3ccccc3I)[C@H]2O)c1. The first-order valence-electron chi connectivity index (χ1n) is 14.1. The normalized spacial score (nSPS) is 17.9. The van der Waals surface area contributed by atoms with Crippen LogP contribution in [-0.2, 0) is 22.4 Å². The molecule has 1 aliphatic carbocycles. The number of ether oxygens (including phenoxy) is 3. The molecular formula is C33H37IN2O7. The van der Waals surface area contributed by atoms with Gasteiger partial charge in [-0.05, 0) is 76.5 Å². The summed E-state index contributed by atoms with van der Waals surface area (Å²) in [5.41, 5.74) is 2.05. The predicted octanol–water partition coefficient (Wildman–Crippen LogP) is 3.54. The van der Waals surface area contributed by atoms with Gasteiger partial charge in [-0.3, -0.25) is 9.59 Å². The summed E-state index contributed by atoms with van der Waals surface area (Å²) in [6.07, 6.45) is 0.237. The standard InChI is InChI=1S/C33H37IN2O7/c1-41-25-12-13-28(42-2)23(19-25)14-16-36(31(38)18-22-8-4-3-5-9-22)27-20-24(33(40)35-15-17-37)21-30(32(27)39)43-29-11-7-6-10-26(29)34/h3-13,19,21,27,30,32,37,39H,14-18,20H2,1-2H3,(H,35,40)/t27-,30+,32+/m1/s1. The fraction of sp³-hybridized carbons (Fsp3) is 0.333. The highest BCUT2D eigenvalue weighted by atomic mass is 127. The Labute approximate surface area is 265 Å². The monoisotopic (exact) mass is 700 g/mol. The molecule has 43 heavy (non-hydrogen) atoms. The molecule has 0 saturated heterocycles. The van der Waals surface area contributed by atoms with Gasteiger partial charge in [0.2, 0.25) is 11.8 Å². The minimum absolute atomic E-state index is 0.0811. The molecule has 2 amide bonds. The number of aliphatic hydroxyl groups excluding tert-OH is 2. The average molecular weight is 701 g/mol. The van der Waals surface area contributed by atoms with Gasteiger partial charge in [0.25, 0.3) is 0 Å². The molecule has 3 aromatic carbocycles. The van der Waals surface area contributed by atoms with E-state index >= 15 is 0 Å². The third-order valence-electron chi connectivity index (χ3n) is 7.34. The first-order chi connectivity index (χ1) is 20.8. The van der Waals surface area contributed by atoms with Crippen LogP contribution in [0.4, 0.5) is 0 Å². The molecule has 3 aromatic rings. The second-order valence-corrected chi connectivity index (χ2v) is 11.3. The third-order valence-corrected chi connectivity index (χ3v) is 8.23. The van der Waals surface area contributed by atoms with Gasteiger partial charge in [0.05, 0.1) is 36.9 Å². The molecule has 3 atom stereocenters. The van der Waals surface area contributed by atoms with Crippen molar-refractivity contribution in [1.82, 2.24) is 10.2 Å². The Bertz CT molecular complexity index is 1420. The number of aliphatic hydroxyl groups is 2. The van der Waals surface area contributed by atoms with Crippen LogP contribution in [0.2, 0.25) is 0 Å². The molecule has 0 spiro atoms. The zero-order valence-corrected chi connectivity index (χ0v) is 26.4. The summed E-state index contributed by atoms with van der Waals surface area (Å²) in [6.45, 7) is 0.118. The molecule has 0 heterocycles. The first kappa shape index (κ1) is 32.3. The van der Waals surface area contributed by atoms with E-state index in [4.69, 9.17) is 14.2 Å². The van der Waals surface area contributed by atoms with Crippen molar-refractivity contribution in [2.45, 2.75) is 37.5 Å². The topological polar surface area (TPSA) is 118 Å². The molecule has 0 unspecified atom stereocenters. The third kappa shape index (κ3) is 8.49. The lowest BCUT2D eigenvalue weighted by Gasteiger charge is -2.40. The van der Waals surface area contributed by atoms with E-state index in [1.54, 1.807) is 37.3 Å². The number of hydrogen-bond acceptors (Lipinski definition) is 7. The van der Waals surface area contributed by atoms with Crippen molar-refractivity contribution < 1.29 is 34.0 Å². The predicted molar refractivity (Wildman–Crippen MR) is 171 cm³/mol. The first-order valence-corrected chi connectivity index (χ1v) is 15.2. The van der Waals surface area contributed by atoms with E-state index in [2.05, 4.69) is 27.9 Å². The average Bonchev–Trinajstić information content (AvgIpc) is 3.02. The maximum Gasteiger partial charge on any atom is 0.247 e. The van der Waals surface area contributed by atoms with Crippen molar-refractivity contribution in [3.05, 3.63) is 99.1 Å². The smallest absolute Gasteiger partial charge is 0.247 e. The Balaban J connectivity index is 1.69. The van der Waals surface area contributed by atoms with Crippen molar-refractivity contribution >= 4 is 34.4 Å². The van der Waals surface area contributed by atoms with Gasteiger partial charge in [-0.25, -0.2) is 0 Å². The number of nitrogens with zero attached hydrogens (tertiary/aromatic N) is 1. The molecule has 9 nitrogen and oxygen atoms in total. The van der Waals surface area contributed by atoms with Crippen molar-refractivity contribution in [1.29, 1.82) is 0 Å². The highest BCUT2D eigenvalue weighted by Crippen LogP contribution is 2.31. The van der Waals surface area contributed by atoms with Gasteiger partial charge in [-0.1, -0.05) is 42.5 Å². The molecule has 10 heteroatoms. The lowest BCUT2D eigenvalue weighted by molar-refractivity contribution is -0.137. The molecule has 0 bridgehead atoms. The van der Waals surface area contributed by atoms with Crippen LogP contribution >= 0.6 is 22.6 Å². The van der Waals surface area contributed by atoms with Gasteiger partial charge in [0, 0.05) is 25.1 Å². The zero-order valence-electron chi connectivity index (χ0n) is 24.2.